The third-order valence-corrected chi connectivity index (χ3v) is 4.74. The zero-order chi connectivity index (χ0) is 21.9. The van der Waals surface area contributed by atoms with Crippen molar-refractivity contribution in [1.82, 2.24) is 9.80 Å². The number of nitrogens with zero attached hydrogens (tertiary/aromatic N) is 2. The molecule has 0 rings (SSSR count). The maximum atomic E-state index is 13.2. The molecule has 0 spiro atoms. The van der Waals surface area contributed by atoms with Crippen LogP contribution in [0.1, 0.15) is 67.2 Å². The highest BCUT2D eigenvalue weighted by Crippen LogP contribution is 2.19. The van der Waals surface area contributed by atoms with Gasteiger partial charge in [-0.3, -0.25) is 9.69 Å². The van der Waals surface area contributed by atoms with Gasteiger partial charge in [0.2, 0.25) is 5.91 Å². The SMILES string of the molecule is CCCCCCOC(=O)C(C(C)C)N(C)C(=O)C(C(C)C)N(C)C(=O)OCC. The van der Waals surface area contributed by atoms with E-state index in [0.29, 0.717) is 6.61 Å². The van der Waals surface area contributed by atoms with Gasteiger partial charge in [0, 0.05) is 14.1 Å². The summed E-state index contributed by atoms with van der Waals surface area (Å²) in [5, 5.41) is 0. The van der Waals surface area contributed by atoms with Crippen LogP contribution in [-0.2, 0) is 19.1 Å². The van der Waals surface area contributed by atoms with Crippen LogP contribution in [0.2, 0.25) is 0 Å². The highest BCUT2D eigenvalue weighted by atomic mass is 16.6. The first-order valence-electron chi connectivity index (χ1n) is 10.4. The molecule has 0 aliphatic heterocycles. The molecule has 28 heavy (non-hydrogen) atoms. The standard InChI is InChI=1S/C21H40N2O5/c1-9-11-12-13-14-28-20(25)18(16(5)6)22(7)19(24)17(15(3)4)23(8)21(26)27-10-2/h15-18H,9-14H2,1-8H3. The molecule has 164 valence electrons. The van der Waals surface area contributed by atoms with Crippen LogP contribution in [0, 0.1) is 11.8 Å². The van der Waals surface area contributed by atoms with Crippen LogP contribution in [0.3, 0.4) is 0 Å². The maximum Gasteiger partial charge on any atom is 0.410 e. The molecule has 7 heteroatoms. The molecule has 0 aliphatic carbocycles. The van der Waals surface area contributed by atoms with Gasteiger partial charge in [-0.2, -0.15) is 0 Å². The minimum Gasteiger partial charge on any atom is -0.464 e. The third-order valence-electron chi connectivity index (χ3n) is 4.74. The summed E-state index contributed by atoms with van der Waals surface area (Å²) < 4.78 is 10.5. The summed E-state index contributed by atoms with van der Waals surface area (Å²) in [6.45, 7) is 11.9. The summed E-state index contributed by atoms with van der Waals surface area (Å²) in [4.78, 5) is 40.7. The van der Waals surface area contributed by atoms with Gasteiger partial charge in [0.1, 0.15) is 12.1 Å². The number of unbranched alkanes of at least 4 members (excludes halogenated alkanes) is 3. The molecule has 0 aromatic rings. The summed E-state index contributed by atoms with van der Waals surface area (Å²) in [5.41, 5.74) is 0. The first kappa shape index (κ1) is 26.2. The molecular formula is C21H40N2O5. The van der Waals surface area contributed by atoms with Crippen molar-refractivity contribution in [3.05, 3.63) is 0 Å². The van der Waals surface area contributed by atoms with Crippen LogP contribution in [0.5, 0.6) is 0 Å². The molecule has 7 nitrogen and oxygen atoms in total. The molecular weight excluding hydrogens is 360 g/mol. The lowest BCUT2D eigenvalue weighted by atomic mass is 9.98. The monoisotopic (exact) mass is 400 g/mol. The molecule has 0 aromatic heterocycles. The fourth-order valence-corrected chi connectivity index (χ4v) is 3.25. The van der Waals surface area contributed by atoms with Crippen LogP contribution < -0.4 is 0 Å². The first-order chi connectivity index (χ1) is 13.1. The van der Waals surface area contributed by atoms with E-state index in [0.717, 1.165) is 25.7 Å². The first-order valence-corrected chi connectivity index (χ1v) is 10.4. The van der Waals surface area contributed by atoms with Crippen molar-refractivity contribution in [3.8, 4) is 0 Å². The number of esters is 1. The third kappa shape index (κ3) is 8.07. The van der Waals surface area contributed by atoms with Crippen molar-refractivity contribution in [1.29, 1.82) is 0 Å². The zero-order valence-electron chi connectivity index (χ0n) is 19.0. The molecule has 2 unspecified atom stereocenters. The summed E-state index contributed by atoms with van der Waals surface area (Å²) >= 11 is 0. The lowest BCUT2D eigenvalue weighted by Gasteiger charge is -2.36. The van der Waals surface area contributed by atoms with Gasteiger partial charge in [0.15, 0.2) is 0 Å². The van der Waals surface area contributed by atoms with E-state index in [9.17, 15) is 14.4 Å². The van der Waals surface area contributed by atoms with E-state index in [1.807, 2.05) is 27.7 Å². The van der Waals surface area contributed by atoms with Crippen LogP contribution >= 0.6 is 0 Å². The number of carbonyl (C=O) groups excluding carboxylic acids is 3. The summed E-state index contributed by atoms with van der Waals surface area (Å²) in [7, 11) is 3.14. The van der Waals surface area contributed by atoms with Gasteiger partial charge in [-0.05, 0) is 25.2 Å². The quantitative estimate of drug-likeness (QED) is 0.369. The fourth-order valence-electron chi connectivity index (χ4n) is 3.25. The number of rotatable bonds is 12. The lowest BCUT2D eigenvalue weighted by molar-refractivity contribution is -0.158. The van der Waals surface area contributed by atoms with Crippen LogP contribution in [0.25, 0.3) is 0 Å². The van der Waals surface area contributed by atoms with E-state index in [4.69, 9.17) is 9.47 Å². The Labute approximate surface area is 170 Å². The summed E-state index contributed by atoms with van der Waals surface area (Å²) in [5.74, 6) is -0.948. The van der Waals surface area contributed by atoms with E-state index in [2.05, 4.69) is 6.92 Å². The van der Waals surface area contributed by atoms with Crippen molar-refractivity contribution in [2.75, 3.05) is 27.3 Å². The van der Waals surface area contributed by atoms with Crippen LogP contribution in [0.15, 0.2) is 0 Å². The second-order valence-corrected chi connectivity index (χ2v) is 7.86. The van der Waals surface area contributed by atoms with Gasteiger partial charge < -0.3 is 14.4 Å². The van der Waals surface area contributed by atoms with Crippen molar-refractivity contribution in [2.24, 2.45) is 11.8 Å². The molecule has 0 saturated heterocycles. The van der Waals surface area contributed by atoms with E-state index >= 15 is 0 Å². The molecule has 0 heterocycles. The molecule has 0 saturated carbocycles. The second kappa shape index (κ2) is 13.4. The Bertz CT molecular complexity index is 493. The molecule has 2 atom stereocenters. The molecule has 0 aromatic carbocycles. The van der Waals surface area contributed by atoms with Gasteiger partial charge in [0.25, 0.3) is 0 Å². The molecule has 0 fully saturated rings. The predicted molar refractivity (Wildman–Crippen MR) is 110 cm³/mol. The van der Waals surface area contributed by atoms with E-state index in [-0.39, 0.29) is 24.3 Å². The maximum absolute atomic E-state index is 13.2. The molecule has 0 bridgehead atoms. The normalized spacial score (nSPS) is 13.2. The number of carbonyl (C=O) groups is 3. The Balaban J connectivity index is 5.23. The summed E-state index contributed by atoms with van der Waals surface area (Å²) in [6.07, 6.45) is 3.51. The van der Waals surface area contributed by atoms with E-state index < -0.39 is 24.1 Å². The lowest BCUT2D eigenvalue weighted by Crippen LogP contribution is -2.56. The van der Waals surface area contributed by atoms with Gasteiger partial charge >= 0.3 is 12.1 Å². The van der Waals surface area contributed by atoms with Gasteiger partial charge in [0.05, 0.1) is 13.2 Å². The average molecular weight is 401 g/mol. The number of hydrogen-bond donors (Lipinski definition) is 0. The topological polar surface area (TPSA) is 76.2 Å². The molecule has 0 N–H and O–H groups in total. The van der Waals surface area contributed by atoms with E-state index in [1.54, 1.807) is 21.0 Å². The largest absolute Gasteiger partial charge is 0.464 e. The summed E-state index contributed by atoms with van der Waals surface area (Å²) in [6, 6.07) is -1.42. The van der Waals surface area contributed by atoms with Crippen molar-refractivity contribution in [2.45, 2.75) is 79.3 Å². The fraction of sp³-hybridized carbons (Fsp3) is 0.857. The Hall–Kier alpha value is -1.79. The van der Waals surface area contributed by atoms with Gasteiger partial charge in [-0.25, -0.2) is 9.59 Å². The van der Waals surface area contributed by atoms with Crippen molar-refractivity contribution in [3.63, 3.8) is 0 Å². The smallest absolute Gasteiger partial charge is 0.410 e. The Morgan fingerprint density at radius 2 is 1.36 bits per heavy atom. The average Bonchev–Trinajstić information content (AvgIpc) is 2.61. The van der Waals surface area contributed by atoms with Crippen LogP contribution in [-0.4, -0.2) is 67.2 Å². The molecule has 0 aliphatic rings. The highest BCUT2D eigenvalue weighted by Gasteiger charge is 2.38. The Kier molecular flexibility index (Phi) is 12.5. The van der Waals surface area contributed by atoms with Crippen molar-refractivity contribution < 1.29 is 23.9 Å². The van der Waals surface area contributed by atoms with E-state index in [1.165, 1.54) is 9.80 Å². The molecule has 0 radical (unpaired) electrons. The minimum atomic E-state index is -0.720. The number of amides is 2. The van der Waals surface area contributed by atoms with Crippen molar-refractivity contribution >= 4 is 18.0 Å². The zero-order valence-corrected chi connectivity index (χ0v) is 19.0. The Morgan fingerprint density at radius 1 is 0.786 bits per heavy atom. The number of likely N-dealkylation sites (N-methyl/N-ethyl adjacent to an activating group) is 2. The van der Waals surface area contributed by atoms with Gasteiger partial charge in [-0.15, -0.1) is 0 Å². The van der Waals surface area contributed by atoms with Crippen LogP contribution in [0.4, 0.5) is 4.79 Å². The molecule has 2 amide bonds. The number of ether oxygens (including phenoxy) is 2. The predicted octanol–water partition coefficient (Wildman–Crippen LogP) is 3.71. The number of hydrogen-bond acceptors (Lipinski definition) is 5. The second-order valence-electron chi connectivity index (χ2n) is 7.86. The van der Waals surface area contributed by atoms with Gasteiger partial charge in [-0.1, -0.05) is 53.9 Å². The highest BCUT2D eigenvalue weighted by molar-refractivity contribution is 5.89. The Morgan fingerprint density at radius 3 is 1.82 bits per heavy atom. The minimum absolute atomic E-state index is 0.113.